The van der Waals surface area contributed by atoms with Crippen molar-refractivity contribution in [3.8, 4) is 11.5 Å². The van der Waals surface area contributed by atoms with Crippen molar-refractivity contribution in [3.63, 3.8) is 0 Å². The molecule has 0 radical (unpaired) electrons. The van der Waals surface area contributed by atoms with E-state index in [0.717, 1.165) is 65.9 Å². The van der Waals surface area contributed by atoms with Gasteiger partial charge in [-0.1, -0.05) is 23.7 Å². The molecule has 27 heavy (non-hydrogen) atoms. The van der Waals surface area contributed by atoms with E-state index in [0.29, 0.717) is 12.5 Å². The third kappa shape index (κ3) is 3.49. The number of hydrogen-bond acceptors (Lipinski definition) is 4. The van der Waals surface area contributed by atoms with Gasteiger partial charge in [-0.25, -0.2) is 4.98 Å². The number of benzene rings is 2. The third-order valence-corrected chi connectivity index (χ3v) is 5.70. The van der Waals surface area contributed by atoms with E-state index in [1.54, 1.807) is 0 Å². The van der Waals surface area contributed by atoms with Gasteiger partial charge < -0.3 is 14.5 Å². The zero-order chi connectivity index (χ0) is 18.2. The quantitative estimate of drug-likeness (QED) is 0.735. The van der Waals surface area contributed by atoms with Gasteiger partial charge in [0.2, 0.25) is 0 Å². The predicted molar refractivity (Wildman–Crippen MR) is 106 cm³/mol. The molecular formula is C21H22ClN3O2. The van der Waals surface area contributed by atoms with Gasteiger partial charge in [-0.05, 0) is 56.3 Å². The molecule has 140 valence electrons. The molecule has 1 aromatic heterocycles. The van der Waals surface area contributed by atoms with Crippen molar-refractivity contribution in [1.82, 2.24) is 14.9 Å². The maximum absolute atomic E-state index is 6.10. The third-order valence-electron chi connectivity index (χ3n) is 5.47. The minimum absolute atomic E-state index is 0.0878. The lowest BCUT2D eigenvalue weighted by molar-refractivity contribution is 0.0511. The fraction of sp³-hybridized carbons (Fsp3) is 0.381. The molecule has 0 saturated carbocycles. The molecule has 5 nitrogen and oxygen atoms in total. The smallest absolute Gasteiger partial charge is 0.161 e. The molecule has 0 unspecified atom stereocenters. The van der Waals surface area contributed by atoms with Gasteiger partial charge in [-0.15, -0.1) is 0 Å². The summed E-state index contributed by atoms with van der Waals surface area (Å²) in [6.45, 7) is 3.60. The van der Waals surface area contributed by atoms with Crippen LogP contribution in [0.5, 0.6) is 11.5 Å². The Hall–Kier alpha value is -2.24. The summed E-state index contributed by atoms with van der Waals surface area (Å²) in [6.07, 6.45) is 2.28. The number of rotatable bonds is 3. The number of hydrogen-bond donors (Lipinski definition) is 1. The van der Waals surface area contributed by atoms with Gasteiger partial charge in [0.15, 0.2) is 11.5 Å². The number of aromatic nitrogens is 2. The molecule has 5 rings (SSSR count). The van der Waals surface area contributed by atoms with Crippen molar-refractivity contribution in [2.24, 2.45) is 0 Å². The second-order valence-corrected chi connectivity index (χ2v) is 7.79. The standard InChI is InChI=1S/C21H22ClN3O2/c22-15-5-6-17-18(11-15)24-21(23-17)14-7-9-25(10-8-14)12-16-13-26-19-3-1-2-4-20(19)27-16/h1-6,11,14,16H,7-10,12-13H2,(H,23,24)/t16-/m1/s1. The molecule has 1 saturated heterocycles. The number of piperidine rings is 1. The van der Waals surface area contributed by atoms with Crippen LogP contribution in [0.2, 0.25) is 5.02 Å². The monoisotopic (exact) mass is 383 g/mol. The minimum Gasteiger partial charge on any atom is -0.486 e. The number of aromatic amines is 1. The Morgan fingerprint density at radius 2 is 1.93 bits per heavy atom. The number of likely N-dealkylation sites (tertiary alicyclic amines) is 1. The topological polar surface area (TPSA) is 50.4 Å². The van der Waals surface area contributed by atoms with Gasteiger partial charge in [-0.3, -0.25) is 4.90 Å². The number of ether oxygens (including phenoxy) is 2. The van der Waals surface area contributed by atoms with Gasteiger partial charge in [0.25, 0.3) is 0 Å². The normalized spacial score (nSPS) is 20.9. The molecule has 2 aliphatic heterocycles. The maximum atomic E-state index is 6.10. The Bertz CT molecular complexity index is 950. The number of para-hydroxylation sites is 2. The molecule has 3 aromatic rings. The summed E-state index contributed by atoms with van der Waals surface area (Å²) in [5, 5.41) is 0.740. The number of nitrogens with one attached hydrogen (secondary N) is 1. The zero-order valence-corrected chi connectivity index (χ0v) is 15.8. The van der Waals surface area contributed by atoms with Gasteiger partial charge >= 0.3 is 0 Å². The van der Waals surface area contributed by atoms with Gasteiger partial charge in [0, 0.05) is 17.5 Å². The predicted octanol–water partition coefficient (Wildman–Crippen LogP) is 4.24. The summed E-state index contributed by atoms with van der Waals surface area (Å²) in [5.74, 6) is 3.25. The molecule has 6 heteroatoms. The summed E-state index contributed by atoms with van der Waals surface area (Å²) in [6, 6.07) is 13.7. The number of nitrogens with zero attached hydrogens (tertiary/aromatic N) is 2. The van der Waals surface area contributed by atoms with Gasteiger partial charge in [0.05, 0.1) is 11.0 Å². The van der Waals surface area contributed by atoms with E-state index >= 15 is 0 Å². The molecule has 2 aromatic carbocycles. The van der Waals surface area contributed by atoms with Crippen molar-refractivity contribution in [2.75, 3.05) is 26.2 Å². The van der Waals surface area contributed by atoms with Crippen LogP contribution >= 0.6 is 11.6 Å². The van der Waals surface area contributed by atoms with E-state index in [1.165, 1.54) is 0 Å². The maximum Gasteiger partial charge on any atom is 0.161 e. The molecule has 1 fully saturated rings. The van der Waals surface area contributed by atoms with Crippen LogP contribution in [0.4, 0.5) is 0 Å². The van der Waals surface area contributed by atoms with E-state index in [1.807, 2.05) is 42.5 Å². The number of H-pyrrole nitrogens is 1. The molecule has 1 atom stereocenters. The highest BCUT2D eigenvalue weighted by molar-refractivity contribution is 6.31. The van der Waals surface area contributed by atoms with Crippen LogP contribution in [0.1, 0.15) is 24.6 Å². The van der Waals surface area contributed by atoms with Crippen LogP contribution in [0.3, 0.4) is 0 Å². The second kappa shape index (κ2) is 7.06. The fourth-order valence-electron chi connectivity index (χ4n) is 4.02. The Kier molecular flexibility index (Phi) is 4.42. The van der Waals surface area contributed by atoms with E-state index in [9.17, 15) is 0 Å². The molecule has 0 spiro atoms. The molecule has 0 aliphatic carbocycles. The SMILES string of the molecule is Clc1ccc2nc(C3CCN(C[C@@H]4COc5ccccc5O4)CC3)[nH]c2c1. The zero-order valence-electron chi connectivity index (χ0n) is 15.0. The van der Waals surface area contributed by atoms with Crippen LogP contribution in [-0.4, -0.2) is 47.2 Å². The number of imidazole rings is 1. The van der Waals surface area contributed by atoms with Crippen molar-refractivity contribution in [1.29, 1.82) is 0 Å². The number of fused-ring (bicyclic) bond motifs is 2. The summed E-state index contributed by atoms with van der Waals surface area (Å²) in [7, 11) is 0. The summed E-state index contributed by atoms with van der Waals surface area (Å²) in [4.78, 5) is 10.7. The van der Waals surface area contributed by atoms with Crippen LogP contribution < -0.4 is 9.47 Å². The lowest BCUT2D eigenvalue weighted by atomic mass is 9.96. The highest BCUT2D eigenvalue weighted by Gasteiger charge is 2.27. The minimum atomic E-state index is 0.0878. The van der Waals surface area contributed by atoms with Crippen molar-refractivity contribution >= 4 is 22.6 Å². The Morgan fingerprint density at radius 3 is 2.78 bits per heavy atom. The van der Waals surface area contributed by atoms with Gasteiger partial charge in [-0.2, -0.15) is 0 Å². The molecular weight excluding hydrogens is 362 g/mol. The molecule has 1 N–H and O–H groups in total. The van der Waals surface area contributed by atoms with E-state index in [2.05, 4.69) is 9.88 Å². The Balaban J connectivity index is 1.19. The first-order valence-corrected chi connectivity index (χ1v) is 9.88. The molecule has 2 aliphatic rings. The highest BCUT2D eigenvalue weighted by atomic mass is 35.5. The first kappa shape index (κ1) is 16.9. The lowest BCUT2D eigenvalue weighted by Gasteiger charge is -2.35. The van der Waals surface area contributed by atoms with Crippen LogP contribution in [0.15, 0.2) is 42.5 Å². The highest BCUT2D eigenvalue weighted by Crippen LogP contribution is 2.32. The number of halogens is 1. The average molecular weight is 384 g/mol. The van der Waals surface area contributed by atoms with E-state index in [-0.39, 0.29) is 6.10 Å². The average Bonchev–Trinajstić information content (AvgIpc) is 3.11. The second-order valence-electron chi connectivity index (χ2n) is 7.36. The first-order chi connectivity index (χ1) is 13.2. The Labute approximate surface area is 163 Å². The van der Waals surface area contributed by atoms with Gasteiger partial charge in [0.1, 0.15) is 18.5 Å². The van der Waals surface area contributed by atoms with Crippen LogP contribution in [0, 0.1) is 0 Å². The summed E-state index contributed by atoms with van der Waals surface area (Å²) < 4.78 is 11.9. The van der Waals surface area contributed by atoms with Crippen LogP contribution in [-0.2, 0) is 0 Å². The Morgan fingerprint density at radius 1 is 1.11 bits per heavy atom. The van der Waals surface area contributed by atoms with Crippen molar-refractivity contribution in [2.45, 2.75) is 24.9 Å². The summed E-state index contributed by atoms with van der Waals surface area (Å²) in [5.41, 5.74) is 2.01. The van der Waals surface area contributed by atoms with Crippen molar-refractivity contribution < 1.29 is 9.47 Å². The molecule has 3 heterocycles. The van der Waals surface area contributed by atoms with E-state index in [4.69, 9.17) is 26.1 Å². The first-order valence-electron chi connectivity index (χ1n) is 9.50. The summed E-state index contributed by atoms with van der Waals surface area (Å²) >= 11 is 6.08. The lowest BCUT2D eigenvalue weighted by Crippen LogP contribution is -2.44. The molecule has 0 amide bonds. The van der Waals surface area contributed by atoms with E-state index < -0.39 is 0 Å². The van der Waals surface area contributed by atoms with Crippen LogP contribution in [0.25, 0.3) is 11.0 Å². The largest absolute Gasteiger partial charge is 0.486 e. The van der Waals surface area contributed by atoms with Crippen molar-refractivity contribution in [3.05, 3.63) is 53.3 Å². The molecule has 0 bridgehead atoms. The fourth-order valence-corrected chi connectivity index (χ4v) is 4.20.